The van der Waals surface area contributed by atoms with Gasteiger partial charge in [-0.05, 0) is 6.42 Å². The number of nitrogens with zero attached hydrogens (tertiary/aromatic N) is 1. The minimum Gasteiger partial charge on any atom is -0.250 e. The van der Waals surface area contributed by atoms with Crippen LogP contribution < -0.4 is 0 Å². The summed E-state index contributed by atoms with van der Waals surface area (Å²) in [6, 6.07) is 0. The summed E-state index contributed by atoms with van der Waals surface area (Å²) < 4.78 is 0. The average molecular weight is 164 g/mol. The van der Waals surface area contributed by atoms with E-state index in [0.717, 1.165) is 6.42 Å². The monoisotopic (exact) mass is 164 g/mol. The van der Waals surface area contributed by atoms with Gasteiger partial charge in [0.25, 0.3) is 0 Å². The molecular weight excluding hydrogens is 157 g/mol. The van der Waals surface area contributed by atoms with Crippen LogP contribution in [0.25, 0.3) is 0 Å². The standard InChI is InChI=1S/C5H7NS.V/c1-2-5-3-7-4-6-5;/h3-4H,2H2,1H3;. The molecular formula is C5H7NSV. The Kier molecular flexibility index (Phi) is 4.24. The Balaban J connectivity index is 0.000000490. The number of hydrogen-bond donors (Lipinski definition) is 0. The quantitative estimate of drug-likeness (QED) is 0.615. The fraction of sp³-hybridized carbons (Fsp3) is 0.400. The number of aryl methyl sites for hydroxylation is 1. The second-order valence-electron chi connectivity index (χ2n) is 1.33. The second kappa shape index (κ2) is 4.13. The van der Waals surface area contributed by atoms with Gasteiger partial charge < -0.3 is 0 Å². The van der Waals surface area contributed by atoms with Gasteiger partial charge in [0.05, 0.1) is 11.2 Å². The molecule has 1 aromatic rings. The molecule has 1 heterocycles. The average Bonchev–Trinajstić information content (AvgIpc) is 2.14. The van der Waals surface area contributed by atoms with E-state index >= 15 is 0 Å². The van der Waals surface area contributed by atoms with Gasteiger partial charge in [0, 0.05) is 23.9 Å². The molecule has 1 nitrogen and oxygen atoms in total. The van der Waals surface area contributed by atoms with Crippen molar-refractivity contribution in [2.75, 3.05) is 0 Å². The van der Waals surface area contributed by atoms with Gasteiger partial charge in [-0.15, -0.1) is 11.3 Å². The topological polar surface area (TPSA) is 12.9 Å². The van der Waals surface area contributed by atoms with Crippen molar-refractivity contribution in [2.24, 2.45) is 0 Å². The van der Waals surface area contributed by atoms with Crippen molar-refractivity contribution >= 4 is 11.3 Å². The first-order chi connectivity index (χ1) is 3.43. The van der Waals surface area contributed by atoms with Crippen LogP contribution in [0.2, 0.25) is 0 Å². The van der Waals surface area contributed by atoms with Gasteiger partial charge in [0.2, 0.25) is 0 Å². The van der Waals surface area contributed by atoms with Gasteiger partial charge in [0.1, 0.15) is 0 Å². The van der Waals surface area contributed by atoms with E-state index in [9.17, 15) is 0 Å². The molecule has 0 saturated heterocycles. The van der Waals surface area contributed by atoms with E-state index in [1.54, 1.807) is 11.3 Å². The zero-order chi connectivity index (χ0) is 5.11. The van der Waals surface area contributed by atoms with Crippen molar-refractivity contribution in [1.29, 1.82) is 0 Å². The van der Waals surface area contributed by atoms with Gasteiger partial charge >= 0.3 is 0 Å². The third kappa shape index (κ3) is 1.99. The molecule has 3 heteroatoms. The Labute approximate surface area is 65.0 Å². The van der Waals surface area contributed by atoms with E-state index in [0.29, 0.717) is 0 Å². The van der Waals surface area contributed by atoms with E-state index in [-0.39, 0.29) is 18.6 Å². The molecule has 8 heavy (non-hydrogen) atoms. The fourth-order valence-electron chi connectivity index (χ4n) is 0.412. The molecule has 0 bridgehead atoms. The number of aromatic nitrogens is 1. The fourth-order valence-corrected chi connectivity index (χ4v) is 1.05. The summed E-state index contributed by atoms with van der Waals surface area (Å²) in [6.45, 7) is 2.11. The van der Waals surface area contributed by atoms with Crippen LogP contribution in [-0.2, 0) is 25.0 Å². The Morgan fingerprint density at radius 1 is 1.75 bits per heavy atom. The molecule has 0 aromatic carbocycles. The summed E-state index contributed by atoms with van der Waals surface area (Å²) in [6.07, 6.45) is 1.06. The Morgan fingerprint density at radius 2 is 2.50 bits per heavy atom. The molecule has 0 atom stereocenters. The van der Waals surface area contributed by atoms with Crippen LogP contribution in [-0.4, -0.2) is 4.98 Å². The molecule has 0 fully saturated rings. The summed E-state index contributed by atoms with van der Waals surface area (Å²) in [5.41, 5.74) is 3.06. The Morgan fingerprint density at radius 3 is 2.75 bits per heavy atom. The predicted molar refractivity (Wildman–Crippen MR) is 31.5 cm³/mol. The van der Waals surface area contributed by atoms with Crippen LogP contribution in [0.5, 0.6) is 0 Å². The molecule has 0 aliphatic rings. The Hall–Kier alpha value is 0.214. The summed E-state index contributed by atoms with van der Waals surface area (Å²) in [4.78, 5) is 4.05. The molecule has 1 rings (SSSR count). The molecule has 1 radical (unpaired) electrons. The zero-order valence-electron chi connectivity index (χ0n) is 4.66. The summed E-state index contributed by atoms with van der Waals surface area (Å²) in [5, 5.41) is 2.07. The van der Waals surface area contributed by atoms with Crippen LogP contribution in [0.4, 0.5) is 0 Å². The van der Waals surface area contributed by atoms with E-state index in [1.807, 2.05) is 5.51 Å². The third-order valence-corrected chi connectivity index (χ3v) is 1.48. The molecule has 1 aromatic heterocycles. The first kappa shape index (κ1) is 8.21. The predicted octanol–water partition coefficient (Wildman–Crippen LogP) is 1.70. The van der Waals surface area contributed by atoms with E-state index in [1.165, 1.54) is 5.69 Å². The SMILES string of the molecule is CCc1cscn1.[V]. The van der Waals surface area contributed by atoms with Crippen molar-refractivity contribution in [3.63, 3.8) is 0 Å². The van der Waals surface area contributed by atoms with Crippen molar-refractivity contribution in [3.8, 4) is 0 Å². The maximum absolute atomic E-state index is 4.05. The van der Waals surface area contributed by atoms with Crippen LogP contribution in [0.3, 0.4) is 0 Å². The minimum atomic E-state index is 0. The van der Waals surface area contributed by atoms with E-state index < -0.39 is 0 Å². The summed E-state index contributed by atoms with van der Waals surface area (Å²) >= 11 is 1.65. The first-order valence-electron chi connectivity index (χ1n) is 2.30. The maximum Gasteiger partial charge on any atom is 0.0794 e. The van der Waals surface area contributed by atoms with E-state index in [2.05, 4.69) is 17.3 Å². The molecule has 0 aliphatic carbocycles. The molecule has 0 saturated carbocycles. The minimum absolute atomic E-state index is 0. The number of thiazole rings is 1. The molecule has 43 valence electrons. The van der Waals surface area contributed by atoms with Crippen molar-refractivity contribution in [1.82, 2.24) is 4.98 Å². The third-order valence-electron chi connectivity index (χ3n) is 0.846. The van der Waals surface area contributed by atoms with Crippen LogP contribution >= 0.6 is 11.3 Å². The van der Waals surface area contributed by atoms with Gasteiger partial charge in [-0.25, -0.2) is 4.98 Å². The number of hydrogen-bond acceptors (Lipinski definition) is 2. The first-order valence-corrected chi connectivity index (χ1v) is 3.25. The van der Waals surface area contributed by atoms with Gasteiger partial charge in [-0.1, -0.05) is 6.92 Å². The summed E-state index contributed by atoms with van der Waals surface area (Å²) in [7, 11) is 0. The van der Waals surface area contributed by atoms with Crippen LogP contribution in [0.15, 0.2) is 10.9 Å². The van der Waals surface area contributed by atoms with Gasteiger partial charge in [0.15, 0.2) is 0 Å². The van der Waals surface area contributed by atoms with Gasteiger partial charge in [-0.2, -0.15) is 0 Å². The second-order valence-corrected chi connectivity index (χ2v) is 2.05. The van der Waals surface area contributed by atoms with Crippen LogP contribution in [0, 0.1) is 0 Å². The van der Waals surface area contributed by atoms with Gasteiger partial charge in [-0.3, -0.25) is 0 Å². The number of rotatable bonds is 1. The van der Waals surface area contributed by atoms with Crippen LogP contribution in [0.1, 0.15) is 12.6 Å². The van der Waals surface area contributed by atoms with Crippen molar-refractivity contribution in [3.05, 3.63) is 16.6 Å². The Bertz CT molecular complexity index is 127. The van der Waals surface area contributed by atoms with Crippen molar-refractivity contribution < 1.29 is 18.6 Å². The largest absolute Gasteiger partial charge is 0.250 e. The van der Waals surface area contributed by atoms with Crippen molar-refractivity contribution in [2.45, 2.75) is 13.3 Å². The molecule has 0 amide bonds. The molecule has 0 spiro atoms. The maximum atomic E-state index is 4.05. The summed E-state index contributed by atoms with van der Waals surface area (Å²) in [5.74, 6) is 0. The molecule has 0 unspecified atom stereocenters. The molecule has 0 aliphatic heterocycles. The molecule has 0 N–H and O–H groups in total. The normalized spacial score (nSPS) is 8.12. The van der Waals surface area contributed by atoms with E-state index in [4.69, 9.17) is 0 Å². The smallest absolute Gasteiger partial charge is 0.0794 e. The zero-order valence-corrected chi connectivity index (χ0v) is 6.88.